The number of halogens is 1. The first-order valence-corrected chi connectivity index (χ1v) is 9.40. The van der Waals surface area contributed by atoms with E-state index in [1.807, 2.05) is 30.3 Å². The van der Waals surface area contributed by atoms with Crippen molar-refractivity contribution in [1.82, 2.24) is 9.55 Å². The lowest BCUT2D eigenvalue weighted by atomic mass is 10.1. The summed E-state index contributed by atoms with van der Waals surface area (Å²) < 4.78 is 1.50. The van der Waals surface area contributed by atoms with E-state index >= 15 is 0 Å². The predicted octanol–water partition coefficient (Wildman–Crippen LogP) is 4.53. The summed E-state index contributed by atoms with van der Waals surface area (Å²) >= 11 is 6.02. The molecule has 5 rings (SSSR count). The van der Waals surface area contributed by atoms with E-state index in [0.717, 1.165) is 11.3 Å². The molecule has 0 aliphatic carbocycles. The maximum Gasteiger partial charge on any atom is 0.266 e. The Kier molecular flexibility index (Phi) is 4.03. The molecule has 1 N–H and O–H groups in total. The van der Waals surface area contributed by atoms with Gasteiger partial charge in [0.1, 0.15) is 5.82 Å². The first kappa shape index (κ1) is 17.4. The molecule has 0 saturated heterocycles. The van der Waals surface area contributed by atoms with Crippen LogP contribution in [0.3, 0.4) is 0 Å². The molecule has 0 spiro atoms. The molecule has 1 amide bonds. The zero-order valence-corrected chi connectivity index (χ0v) is 15.9. The zero-order valence-electron chi connectivity index (χ0n) is 15.1. The van der Waals surface area contributed by atoms with Crippen LogP contribution in [-0.2, 0) is 4.79 Å². The molecule has 1 aromatic heterocycles. The number of hydrogen-bond donors (Lipinski definition) is 1. The number of hydrogen-bond acceptors (Lipinski definition) is 3. The second kappa shape index (κ2) is 6.72. The predicted molar refractivity (Wildman–Crippen MR) is 115 cm³/mol. The summed E-state index contributed by atoms with van der Waals surface area (Å²) in [7, 11) is 0. The van der Waals surface area contributed by atoms with Crippen LogP contribution in [0.5, 0.6) is 0 Å². The Bertz CT molecular complexity index is 1370. The molecule has 2 heterocycles. The van der Waals surface area contributed by atoms with E-state index in [0.29, 0.717) is 33.0 Å². The fourth-order valence-corrected chi connectivity index (χ4v) is 3.62. The van der Waals surface area contributed by atoms with Gasteiger partial charge in [-0.1, -0.05) is 41.9 Å². The van der Waals surface area contributed by atoms with Gasteiger partial charge in [0, 0.05) is 16.3 Å². The molecule has 5 nitrogen and oxygen atoms in total. The summed E-state index contributed by atoms with van der Waals surface area (Å²) in [4.78, 5) is 30.5. The number of fused-ring (bicyclic) bond motifs is 2. The number of carbonyl (C=O) groups excluding carboxylic acids is 1. The summed E-state index contributed by atoms with van der Waals surface area (Å²) in [5, 5.41) is 3.92. The van der Waals surface area contributed by atoms with Crippen molar-refractivity contribution in [1.29, 1.82) is 0 Å². The van der Waals surface area contributed by atoms with Crippen LogP contribution in [0, 0.1) is 0 Å². The van der Waals surface area contributed by atoms with Gasteiger partial charge in [0.05, 0.1) is 22.2 Å². The monoisotopic (exact) mass is 399 g/mol. The molecule has 0 bridgehead atoms. The van der Waals surface area contributed by atoms with Gasteiger partial charge in [-0.2, -0.15) is 0 Å². The molecule has 0 fully saturated rings. The molecule has 0 radical (unpaired) electrons. The number of para-hydroxylation sites is 2. The highest BCUT2D eigenvalue weighted by Crippen LogP contribution is 2.32. The van der Waals surface area contributed by atoms with E-state index < -0.39 is 0 Å². The third kappa shape index (κ3) is 2.92. The molecule has 0 atom stereocenters. The average molecular weight is 400 g/mol. The molecular weight excluding hydrogens is 386 g/mol. The van der Waals surface area contributed by atoms with E-state index in [-0.39, 0.29) is 11.5 Å². The summed E-state index contributed by atoms with van der Waals surface area (Å²) in [6.07, 6.45) is 1.66. The van der Waals surface area contributed by atoms with Gasteiger partial charge in [0.2, 0.25) is 0 Å². The number of carbonyl (C=O) groups is 1. The van der Waals surface area contributed by atoms with Crippen molar-refractivity contribution in [3.05, 3.63) is 99.6 Å². The zero-order chi connectivity index (χ0) is 20.0. The molecule has 1 aliphatic heterocycles. The molecule has 0 saturated carbocycles. The van der Waals surface area contributed by atoms with Gasteiger partial charge in [-0.25, -0.2) is 4.98 Å². The first-order valence-electron chi connectivity index (χ1n) is 9.02. The van der Waals surface area contributed by atoms with Gasteiger partial charge in [0.15, 0.2) is 0 Å². The van der Waals surface area contributed by atoms with E-state index in [4.69, 9.17) is 11.6 Å². The molecule has 29 heavy (non-hydrogen) atoms. The second-order valence-electron chi connectivity index (χ2n) is 6.66. The Hall–Kier alpha value is -3.70. The van der Waals surface area contributed by atoms with Crippen molar-refractivity contribution in [3.63, 3.8) is 0 Å². The van der Waals surface area contributed by atoms with Crippen LogP contribution in [0.1, 0.15) is 11.4 Å². The maximum atomic E-state index is 13.3. The number of rotatable bonds is 2. The lowest BCUT2D eigenvalue weighted by Gasteiger charge is -2.12. The SMILES string of the molecule is O=C1Nc2ccccc2C1=Cc1nc2ccccc2c(=O)n1-c1ccc(Cl)cc1. The van der Waals surface area contributed by atoms with Crippen LogP contribution in [0.15, 0.2) is 77.6 Å². The summed E-state index contributed by atoms with van der Waals surface area (Å²) in [5.41, 5.74) is 2.96. The van der Waals surface area contributed by atoms with Crippen LogP contribution in [0.4, 0.5) is 5.69 Å². The molecule has 1 aliphatic rings. The second-order valence-corrected chi connectivity index (χ2v) is 7.10. The molecule has 4 aromatic rings. The number of nitrogens with one attached hydrogen (secondary N) is 1. The Morgan fingerprint density at radius 1 is 0.897 bits per heavy atom. The van der Waals surface area contributed by atoms with Gasteiger partial charge in [-0.05, 0) is 48.5 Å². The lowest BCUT2D eigenvalue weighted by Crippen LogP contribution is -2.22. The van der Waals surface area contributed by atoms with E-state index in [1.165, 1.54) is 4.57 Å². The minimum absolute atomic E-state index is 0.212. The first-order chi connectivity index (χ1) is 14.1. The Morgan fingerprint density at radius 3 is 2.45 bits per heavy atom. The summed E-state index contributed by atoms with van der Waals surface area (Å²) in [6, 6.07) is 21.5. The van der Waals surface area contributed by atoms with Gasteiger partial charge in [-0.3, -0.25) is 14.2 Å². The van der Waals surface area contributed by atoms with E-state index in [9.17, 15) is 9.59 Å². The number of nitrogens with zero attached hydrogens (tertiary/aromatic N) is 2. The molecule has 140 valence electrons. The highest BCUT2D eigenvalue weighted by Gasteiger charge is 2.24. The van der Waals surface area contributed by atoms with Crippen molar-refractivity contribution in [2.75, 3.05) is 5.32 Å². The Morgan fingerprint density at radius 2 is 1.62 bits per heavy atom. The van der Waals surface area contributed by atoms with Crippen molar-refractivity contribution in [3.8, 4) is 5.69 Å². The molecule has 3 aromatic carbocycles. The number of amides is 1. The lowest BCUT2D eigenvalue weighted by molar-refractivity contribution is -0.110. The van der Waals surface area contributed by atoms with Gasteiger partial charge < -0.3 is 5.32 Å². The Balaban J connectivity index is 1.82. The molecule has 6 heteroatoms. The van der Waals surface area contributed by atoms with Gasteiger partial charge >= 0.3 is 0 Å². The van der Waals surface area contributed by atoms with Gasteiger partial charge in [-0.15, -0.1) is 0 Å². The van der Waals surface area contributed by atoms with Gasteiger partial charge in [0.25, 0.3) is 11.5 Å². The van der Waals surface area contributed by atoms with Crippen molar-refractivity contribution in [2.45, 2.75) is 0 Å². The average Bonchev–Trinajstić information content (AvgIpc) is 3.05. The minimum Gasteiger partial charge on any atom is -0.321 e. The largest absolute Gasteiger partial charge is 0.321 e. The standard InChI is InChI=1S/C23H14ClN3O2/c24-14-9-11-15(12-10-14)27-21(25-20-8-4-2-6-17(20)23(27)29)13-18-16-5-1-3-7-19(16)26-22(18)28/h1-13H,(H,26,28). The van der Waals surface area contributed by atoms with Crippen LogP contribution in [0.2, 0.25) is 5.02 Å². The van der Waals surface area contributed by atoms with Crippen LogP contribution >= 0.6 is 11.6 Å². The molecule has 0 unspecified atom stereocenters. The quantitative estimate of drug-likeness (QED) is 0.503. The fourth-order valence-electron chi connectivity index (χ4n) is 3.50. The summed E-state index contributed by atoms with van der Waals surface area (Å²) in [6.45, 7) is 0. The number of anilines is 1. The fraction of sp³-hybridized carbons (Fsp3) is 0. The number of benzene rings is 3. The highest BCUT2D eigenvalue weighted by atomic mass is 35.5. The smallest absolute Gasteiger partial charge is 0.266 e. The normalized spacial score (nSPS) is 14.2. The topological polar surface area (TPSA) is 64.0 Å². The third-order valence-corrected chi connectivity index (χ3v) is 5.12. The van der Waals surface area contributed by atoms with E-state index in [2.05, 4.69) is 10.3 Å². The Labute approximate surface area is 170 Å². The van der Waals surface area contributed by atoms with E-state index in [1.54, 1.807) is 48.5 Å². The minimum atomic E-state index is -0.226. The molecular formula is C23H14ClN3O2. The highest BCUT2D eigenvalue weighted by molar-refractivity contribution is 6.34. The van der Waals surface area contributed by atoms with Crippen LogP contribution in [0.25, 0.3) is 28.2 Å². The van der Waals surface area contributed by atoms with Crippen LogP contribution < -0.4 is 10.9 Å². The summed E-state index contributed by atoms with van der Waals surface area (Å²) in [5.74, 6) is 0.147. The van der Waals surface area contributed by atoms with Crippen molar-refractivity contribution in [2.24, 2.45) is 0 Å². The van der Waals surface area contributed by atoms with Crippen molar-refractivity contribution < 1.29 is 4.79 Å². The van der Waals surface area contributed by atoms with Crippen molar-refractivity contribution >= 4 is 45.7 Å². The maximum absolute atomic E-state index is 13.3. The number of aromatic nitrogens is 2. The van der Waals surface area contributed by atoms with Crippen LogP contribution in [-0.4, -0.2) is 15.5 Å². The third-order valence-electron chi connectivity index (χ3n) is 4.87.